The van der Waals surface area contributed by atoms with Gasteiger partial charge in [-0.05, 0) is 31.0 Å². The van der Waals surface area contributed by atoms with E-state index in [4.69, 9.17) is 0 Å². The van der Waals surface area contributed by atoms with E-state index in [0.29, 0.717) is 0 Å². The van der Waals surface area contributed by atoms with Crippen LogP contribution in [0.2, 0.25) is 0 Å². The third-order valence-corrected chi connectivity index (χ3v) is 3.69. The molecule has 0 spiro atoms. The maximum atomic E-state index is 4.63. The molecule has 3 nitrogen and oxygen atoms in total. The van der Waals surface area contributed by atoms with Gasteiger partial charge in [0.05, 0.1) is 5.52 Å². The maximum absolute atomic E-state index is 4.63. The van der Waals surface area contributed by atoms with Crippen molar-refractivity contribution >= 4 is 32.7 Å². The third-order valence-electron chi connectivity index (χ3n) is 3.20. The summed E-state index contributed by atoms with van der Waals surface area (Å²) < 4.78 is 3.07. The first-order valence-electron chi connectivity index (χ1n) is 5.63. The zero-order valence-corrected chi connectivity index (χ0v) is 10.9. The Balaban J connectivity index is 2.18. The van der Waals surface area contributed by atoms with E-state index in [1.54, 1.807) is 0 Å². The summed E-state index contributed by atoms with van der Waals surface area (Å²) in [7, 11) is 2.01. The predicted molar refractivity (Wildman–Crippen MR) is 69.9 cm³/mol. The number of halogens is 1. The van der Waals surface area contributed by atoms with E-state index >= 15 is 0 Å². The smallest absolute Gasteiger partial charge is 0.158 e. The SMILES string of the molecule is Cn1nc(N2CCCC2)c2ccc(Br)cc21. The second-order valence-corrected chi connectivity index (χ2v) is 5.22. The summed E-state index contributed by atoms with van der Waals surface area (Å²) in [5, 5.41) is 5.89. The van der Waals surface area contributed by atoms with Gasteiger partial charge < -0.3 is 4.90 Å². The van der Waals surface area contributed by atoms with Crippen LogP contribution < -0.4 is 4.90 Å². The molecule has 0 atom stereocenters. The Morgan fingerprint density at radius 1 is 1.25 bits per heavy atom. The first-order valence-corrected chi connectivity index (χ1v) is 6.42. The number of benzene rings is 1. The fraction of sp³-hybridized carbons (Fsp3) is 0.417. The van der Waals surface area contributed by atoms with Crippen LogP contribution in [0, 0.1) is 0 Å². The van der Waals surface area contributed by atoms with Crippen molar-refractivity contribution in [3.05, 3.63) is 22.7 Å². The quantitative estimate of drug-likeness (QED) is 0.800. The molecule has 0 N–H and O–H groups in total. The summed E-state index contributed by atoms with van der Waals surface area (Å²) >= 11 is 3.50. The molecule has 84 valence electrons. The average molecular weight is 280 g/mol. The molecule has 0 unspecified atom stereocenters. The van der Waals surface area contributed by atoms with Gasteiger partial charge in [0.2, 0.25) is 0 Å². The molecule has 0 bridgehead atoms. The van der Waals surface area contributed by atoms with Crippen molar-refractivity contribution in [3.63, 3.8) is 0 Å². The minimum Gasteiger partial charge on any atom is -0.355 e. The average Bonchev–Trinajstić information content (AvgIpc) is 2.87. The lowest BCUT2D eigenvalue weighted by molar-refractivity contribution is 0.779. The summed E-state index contributed by atoms with van der Waals surface area (Å²) in [6.07, 6.45) is 2.57. The third kappa shape index (κ3) is 1.52. The number of hydrogen-bond acceptors (Lipinski definition) is 2. The van der Waals surface area contributed by atoms with Crippen molar-refractivity contribution < 1.29 is 0 Å². The molecule has 16 heavy (non-hydrogen) atoms. The Morgan fingerprint density at radius 2 is 2.00 bits per heavy atom. The van der Waals surface area contributed by atoms with Crippen LogP contribution in [0.3, 0.4) is 0 Å². The van der Waals surface area contributed by atoms with Gasteiger partial charge in [-0.25, -0.2) is 0 Å². The van der Waals surface area contributed by atoms with Crippen LogP contribution in [0.1, 0.15) is 12.8 Å². The lowest BCUT2D eigenvalue weighted by Gasteiger charge is -2.13. The highest BCUT2D eigenvalue weighted by Gasteiger charge is 2.18. The lowest BCUT2D eigenvalue weighted by atomic mass is 10.2. The molecule has 1 aliphatic rings. The van der Waals surface area contributed by atoms with E-state index in [9.17, 15) is 0 Å². The molecule has 1 saturated heterocycles. The molecule has 1 fully saturated rings. The first kappa shape index (κ1) is 10.1. The number of hydrogen-bond donors (Lipinski definition) is 0. The number of nitrogens with zero attached hydrogens (tertiary/aromatic N) is 3. The Labute approximate surface area is 103 Å². The highest BCUT2D eigenvalue weighted by atomic mass is 79.9. The van der Waals surface area contributed by atoms with Gasteiger partial charge >= 0.3 is 0 Å². The van der Waals surface area contributed by atoms with E-state index in [-0.39, 0.29) is 0 Å². The van der Waals surface area contributed by atoms with Crippen LogP contribution in [-0.2, 0) is 7.05 Å². The van der Waals surface area contributed by atoms with Crippen molar-refractivity contribution in [2.24, 2.45) is 7.05 Å². The largest absolute Gasteiger partial charge is 0.355 e. The summed E-state index contributed by atoms with van der Waals surface area (Å²) in [4.78, 5) is 2.39. The zero-order valence-electron chi connectivity index (χ0n) is 9.28. The van der Waals surface area contributed by atoms with Crippen molar-refractivity contribution in [1.82, 2.24) is 9.78 Å². The minimum absolute atomic E-state index is 1.11. The fourth-order valence-electron chi connectivity index (χ4n) is 2.37. The van der Waals surface area contributed by atoms with Gasteiger partial charge in [0.1, 0.15) is 0 Å². The molecule has 2 aromatic rings. The monoisotopic (exact) mass is 279 g/mol. The fourth-order valence-corrected chi connectivity index (χ4v) is 2.72. The van der Waals surface area contributed by atoms with Gasteiger partial charge in [-0.15, -0.1) is 0 Å². The number of aromatic nitrogens is 2. The zero-order chi connectivity index (χ0) is 11.1. The van der Waals surface area contributed by atoms with Crippen LogP contribution in [0.25, 0.3) is 10.9 Å². The predicted octanol–water partition coefficient (Wildman–Crippen LogP) is 2.94. The Bertz CT molecular complexity index is 526. The number of fused-ring (bicyclic) bond motifs is 1. The van der Waals surface area contributed by atoms with Gasteiger partial charge in [0, 0.05) is 30.0 Å². The molecule has 0 aliphatic carbocycles. The van der Waals surface area contributed by atoms with Crippen LogP contribution in [0.5, 0.6) is 0 Å². The van der Waals surface area contributed by atoms with Crippen molar-refractivity contribution in [2.75, 3.05) is 18.0 Å². The summed E-state index contributed by atoms with van der Waals surface area (Å²) in [5.41, 5.74) is 1.19. The van der Waals surface area contributed by atoms with Gasteiger partial charge in [-0.2, -0.15) is 5.10 Å². The van der Waals surface area contributed by atoms with Gasteiger partial charge in [-0.3, -0.25) is 4.68 Å². The van der Waals surface area contributed by atoms with Crippen LogP contribution in [0.15, 0.2) is 22.7 Å². The highest BCUT2D eigenvalue weighted by molar-refractivity contribution is 9.10. The molecule has 0 radical (unpaired) electrons. The van der Waals surface area contributed by atoms with E-state index < -0.39 is 0 Å². The van der Waals surface area contributed by atoms with Crippen molar-refractivity contribution in [2.45, 2.75) is 12.8 Å². The number of rotatable bonds is 1. The van der Waals surface area contributed by atoms with E-state index in [2.05, 4.69) is 44.1 Å². The molecule has 0 amide bonds. The van der Waals surface area contributed by atoms with Crippen LogP contribution >= 0.6 is 15.9 Å². The molecule has 2 heterocycles. The van der Waals surface area contributed by atoms with Crippen molar-refractivity contribution in [1.29, 1.82) is 0 Å². The highest BCUT2D eigenvalue weighted by Crippen LogP contribution is 2.29. The first-order chi connectivity index (χ1) is 7.75. The second-order valence-electron chi connectivity index (χ2n) is 4.30. The summed E-state index contributed by atoms with van der Waals surface area (Å²) in [6, 6.07) is 6.37. The van der Waals surface area contributed by atoms with Crippen LogP contribution in [0.4, 0.5) is 5.82 Å². The topological polar surface area (TPSA) is 21.1 Å². The van der Waals surface area contributed by atoms with E-state index in [1.165, 1.54) is 23.7 Å². The molecule has 4 heteroatoms. The molecular formula is C12H14BrN3. The molecular weight excluding hydrogens is 266 g/mol. The summed E-state index contributed by atoms with van der Waals surface area (Å²) in [5.74, 6) is 1.14. The molecule has 3 rings (SSSR count). The van der Waals surface area contributed by atoms with Gasteiger partial charge in [0.15, 0.2) is 5.82 Å². The Morgan fingerprint density at radius 3 is 2.75 bits per heavy atom. The molecule has 1 aromatic carbocycles. The maximum Gasteiger partial charge on any atom is 0.158 e. The van der Waals surface area contributed by atoms with Gasteiger partial charge in [0.25, 0.3) is 0 Å². The number of aryl methyl sites for hydroxylation is 1. The second kappa shape index (κ2) is 3.77. The summed E-state index contributed by atoms with van der Waals surface area (Å²) in [6.45, 7) is 2.28. The standard InChI is InChI=1S/C12H14BrN3/c1-15-11-8-9(13)4-5-10(11)12(14-15)16-6-2-3-7-16/h4-5,8H,2-3,6-7H2,1H3. The van der Waals surface area contributed by atoms with E-state index in [0.717, 1.165) is 23.4 Å². The van der Waals surface area contributed by atoms with Gasteiger partial charge in [-0.1, -0.05) is 15.9 Å². The Kier molecular flexibility index (Phi) is 2.39. The molecule has 1 aromatic heterocycles. The van der Waals surface area contributed by atoms with Crippen molar-refractivity contribution in [3.8, 4) is 0 Å². The van der Waals surface area contributed by atoms with Crippen LogP contribution in [-0.4, -0.2) is 22.9 Å². The van der Waals surface area contributed by atoms with E-state index in [1.807, 2.05) is 11.7 Å². The Hall–Kier alpha value is -1.03. The molecule has 0 saturated carbocycles. The normalized spacial score (nSPS) is 16.2. The minimum atomic E-state index is 1.11. The number of anilines is 1. The molecule has 1 aliphatic heterocycles. The lowest BCUT2D eigenvalue weighted by Crippen LogP contribution is -2.18.